The van der Waals surface area contributed by atoms with Crippen molar-refractivity contribution < 1.29 is 14.3 Å². The molecule has 1 aromatic carbocycles. The molecular formula is C24H35FN2O2. The average Bonchev–Trinajstić information content (AvgIpc) is 3.16. The van der Waals surface area contributed by atoms with Crippen LogP contribution in [-0.4, -0.2) is 47.8 Å². The van der Waals surface area contributed by atoms with Crippen LogP contribution in [0, 0.1) is 5.92 Å². The fraction of sp³-hybridized carbons (Fsp3) is 0.625. The Morgan fingerprint density at radius 1 is 1.21 bits per heavy atom. The highest BCUT2D eigenvalue weighted by molar-refractivity contribution is 5.87. The second-order valence-corrected chi connectivity index (χ2v) is 8.90. The first-order chi connectivity index (χ1) is 13.9. The topological polar surface area (TPSA) is 52.6 Å². The molecule has 2 fully saturated rings. The lowest BCUT2D eigenvalue weighted by atomic mass is 9.79. The molecule has 5 heteroatoms. The monoisotopic (exact) mass is 402 g/mol. The molecule has 160 valence electrons. The van der Waals surface area contributed by atoms with Crippen molar-refractivity contribution in [2.24, 2.45) is 5.92 Å². The van der Waals surface area contributed by atoms with Gasteiger partial charge in [0.15, 0.2) is 5.60 Å². The van der Waals surface area contributed by atoms with Crippen LogP contribution in [-0.2, 0) is 10.4 Å². The molecule has 1 saturated carbocycles. The SMILES string of the molecule is CC(C)=CCCN1CCC(NC(=O)[C@](O)(c2ccccc2)C2CC[C@H](F)C2)CC1. The van der Waals surface area contributed by atoms with Gasteiger partial charge in [0, 0.05) is 31.6 Å². The van der Waals surface area contributed by atoms with E-state index < -0.39 is 11.8 Å². The number of allylic oxidation sites excluding steroid dienone is 1. The number of amides is 1. The highest BCUT2D eigenvalue weighted by atomic mass is 19.1. The number of rotatable bonds is 7. The van der Waals surface area contributed by atoms with Gasteiger partial charge in [0.25, 0.3) is 5.91 Å². The van der Waals surface area contributed by atoms with Crippen LogP contribution in [0.4, 0.5) is 4.39 Å². The minimum absolute atomic E-state index is 0.0556. The van der Waals surface area contributed by atoms with E-state index in [1.54, 1.807) is 12.1 Å². The molecule has 0 aromatic heterocycles. The van der Waals surface area contributed by atoms with Gasteiger partial charge in [-0.3, -0.25) is 4.79 Å². The van der Waals surface area contributed by atoms with Crippen LogP contribution in [0.25, 0.3) is 0 Å². The zero-order chi connectivity index (χ0) is 20.9. The second kappa shape index (κ2) is 9.86. The van der Waals surface area contributed by atoms with E-state index in [1.807, 2.05) is 18.2 Å². The number of carbonyl (C=O) groups excluding carboxylic acids is 1. The molecule has 3 atom stereocenters. The summed E-state index contributed by atoms with van der Waals surface area (Å²) in [5.74, 6) is -0.755. The van der Waals surface area contributed by atoms with Gasteiger partial charge >= 0.3 is 0 Å². The van der Waals surface area contributed by atoms with Crippen molar-refractivity contribution in [1.82, 2.24) is 10.2 Å². The van der Waals surface area contributed by atoms with Crippen LogP contribution in [0.3, 0.4) is 0 Å². The normalized spacial score (nSPS) is 25.4. The molecule has 4 nitrogen and oxygen atoms in total. The molecule has 2 N–H and O–H groups in total. The number of nitrogens with one attached hydrogen (secondary N) is 1. The highest BCUT2D eigenvalue weighted by Crippen LogP contribution is 2.42. The third-order valence-corrected chi connectivity index (χ3v) is 6.44. The summed E-state index contributed by atoms with van der Waals surface area (Å²) in [4.78, 5) is 15.7. The average molecular weight is 403 g/mol. The first-order valence-corrected chi connectivity index (χ1v) is 11.0. The third-order valence-electron chi connectivity index (χ3n) is 6.44. The van der Waals surface area contributed by atoms with Crippen molar-refractivity contribution in [2.45, 2.75) is 70.2 Å². The van der Waals surface area contributed by atoms with Crippen molar-refractivity contribution in [3.63, 3.8) is 0 Å². The number of aliphatic hydroxyl groups is 1. The maximum absolute atomic E-state index is 13.9. The number of halogens is 1. The van der Waals surface area contributed by atoms with Crippen molar-refractivity contribution in [2.75, 3.05) is 19.6 Å². The van der Waals surface area contributed by atoms with Gasteiger partial charge in [-0.25, -0.2) is 4.39 Å². The summed E-state index contributed by atoms with van der Waals surface area (Å²) in [7, 11) is 0. The van der Waals surface area contributed by atoms with E-state index in [4.69, 9.17) is 0 Å². The number of carbonyl (C=O) groups is 1. The first-order valence-electron chi connectivity index (χ1n) is 11.0. The number of nitrogens with zero attached hydrogens (tertiary/aromatic N) is 1. The van der Waals surface area contributed by atoms with E-state index >= 15 is 0 Å². The Bertz CT molecular complexity index is 696. The molecule has 1 aliphatic carbocycles. The van der Waals surface area contributed by atoms with Gasteiger partial charge in [0.2, 0.25) is 0 Å². The molecule has 1 aliphatic heterocycles. The lowest BCUT2D eigenvalue weighted by Crippen LogP contribution is -2.54. The van der Waals surface area contributed by atoms with Crippen LogP contribution >= 0.6 is 0 Å². The van der Waals surface area contributed by atoms with Gasteiger partial charge in [-0.1, -0.05) is 42.0 Å². The first kappa shape index (κ1) is 22.0. The van der Waals surface area contributed by atoms with Crippen molar-refractivity contribution in [3.05, 3.63) is 47.5 Å². The maximum Gasteiger partial charge on any atom is 0.257 e. The smallest absolute Gasteiger partial charge is 0.257 e. The number of piperidine rings is 1. The molecule has 0 bridgehead atoms. The summed E-state index contributed by atoms with van der Waals surface area (Å²) in [6, 6.07) is 9.11. The summed E-state index contributed by atoms with van der Waals surface area (Å²) in [6.45, 7) is 7.17. The molecular weight excluding hydrogens is 367 g/mol. The lowest BCUT2D eigenvalue weighted by Gasteiger charge is -2.37. The van der Waals surface area contributed by atoms with Crippen LogP contribution in [0.2, 0.25) is 0 Å². The molecule has 29 heavy (non-hydrogen) atoms. The largest absolute Gasteiger partial charge is 0.375 e. The molecule has 1 amide bonds. The van der Waals surface area contributed by atoms with Gasteiger partial charge in [-0.05, 0) is 57.9 Å². The Morgan fingerprint density at radius 2 is 1.90 bits per heavy atom. The van der Waals surface area contributed by atoms with E-state index in [-0.39, 0.29) is 24.3 Å². The molecule has 1 saturated heterocycles. The van der Waals surface area contributed by atoms with Crippen LogP contribution < -0.4 is 5.32 Å². The standard InChI is InChI=1S/C24H35FN2O2/c1-18(2)7-6-14-27-15-12-22(13-16-27)26-23(28)24(29,19-8-4-3-5-9-19)20-10-11-21(25)17-20/h3-5,7-9,20-22,29H,6,10-17H2,1-2H3,(H,26,28)/t20?,21-,24-/m0/s1. The summed E-state index contributed by atoms with van der Waals surface area (Å²) < 4.78 is 13.9. The summed E-state index contributed by atoms with van der Waals surface area (Å²) in [5.41, 5.74) is 0.244. The van der Waals surface area contributed by atoms with Gasteiger partial charge in [-0.2, -0.15) is 0 Å². The molecule has 0 spiro atoms. The molecule has 0 radical (unpaired) electrons. The van der Waals surface area contributed by atoms with Gasteiger partial charge in [0.05, 0.1) is 0 Å². The van der Waals surface area contributed by atoms with E-state index in [0.717, 1.165) is 38.9 Å². The van der Waals surface area contributed by atoms with Crippen molar-refractivity contribution in [1.29, 1.82) is 0 Å². The van der Waals surface area contributed by atoms with E-state index in [2.05, 4.69) is 30.1 Å². The fourth-order valence-electron chi connectivity index (χ4n) is 4.68. The maximum atomic E-state index is 13.9. The summed E-state index contributed by atoms with van der Waals surface area (Å²) >= 11 is 0. The van der Waals surface area contributed by atoms with Crippen LogP contribution in [0.5, 0.6) is 0 Å². The number of hydrogen-bond acceptors (Lipinski definition) is 3. The van der Waals surface area contributed by atoms with E-state index in [0.29, 0.717) is 18.4 Å². The molecule has 1 aromatic rings. The summed E-state index contributed by atoms with van der Waals surface area (Å²) in [6.07, 6.45) is 5.31. The summed E-state index contributed by atoms with van der Waals surface area (Å²) in [5, 5.41) is 14.6. The number of alkyl halides is 1. The van der Waals surface area contributed by atoms with E-state index in [1.165, 1.54) is 5.57 Å². The van der Waals surface area contributed by atoms with Gasteiger partial charge < -0.3 is 15.3 Å². The number of likely N-dealkylation sites (tertiary alicyclic amines) is 1. The second-order valence-electron chi connectivity index (χ2n) is 8.90. The van der Waals surface area contributed by atoms with Crippen LogP contribution in [0.15, 0.2) is 42.0 Å². The Morgan fingerprint density at radius 3 is 2.48 bits per heavy atom. The Kier molecular flexibility index (Phi) is 7.47. The number of hydrogen-bond donors (Lipinski definition) is 2. The van der Waals surface area contributed by atoms with Crippen molar-refractivity contribution >= 4 is 5.91 Å². The molecule has 1 unspecified atom stereocenters. The van der Waals surface area contributed by atoms with Crippen LogP contribution in [0.1, 0.15) is 57.9 Å². The predicted molar refractivity (Wildman–Crippen MR) is 114 cm³/mol. The molecule has 2 aliphatic rings. The highest BCUT2D eigenvalue weighted by Gasteiger charge is 2.48. The molecule has 1 heterocycles. The quantitative estimate of drug-likeness (QED) is 0.679. The van der Waals surface area contributed by atoms with E-state index in [9.17, 15) is 14.3 Å². The Hall–Kier alpha value is -1.72. The number of benzene rings is 1. The minimum Gasteiger partial charge on any atom is -0.375 e. The Labute approximate surface area is 174 Å². The minimum atomic E-state index is -1.66. The fourth-order valence-corrected chi connectivity index (χ4v) is 4.68. The zero-order valence-electron chi connectivity index (χ0n) is 17.7. The lowest BCUT2D eigenvalue weighted by molar-refractivity contribution is -0.148. The molecule has 3 rings (SSSR count). The predicted octanol–water partition coefficient (Wildman–Crippen LogP) is 3.95. The zero-order valence-corrected chi connectivity index (χ0v) is 17.7. The Balaban J connectivity index is 1.62. The van der Waals surface area contributed by atoms with Crippen molar-refractivity contribution in [3.8, 4) is 0 Å². The third kappa shape index (κ3) is 5.46. The van der Waals surface area contributed by atoms with Gasteiger partial charge in [-0.15, -0.1) is 0 Å². The van der Waals surface area contributed by atoms with Gasteiger partial charge in [0.1, 0.15) is 6.17 Å².